The van der Waals surface area contributed by atoms with Crippen LogP contribution < -0.4 is 24.3 Å². The number of ether oxygens (including phenoxy) is 4. The molecule has 1 aliphatic rings. The first-order valence-electron chi connectivity index (χ1n) is 10.8. The molecule has 3 rings (SSSR count). The van der Waals surface area contributed by atoms with E-state index in [2.05, 4.69) is 25.2 Å². The van der Waals surface area contributed by atoms with Gasteiger partial charge in [-0.05, 0) is 55.1 Å². The van der Waals surface area contributed by atoms with Crippen molar-refractivity contribution >= 4 is 0 Å². The maximum absolute atomic E-state index is 10.2. The average molecular weight is 425 g/mol. The summed E-state index contributed by atoms with van der Waals surface area (Å²) < 4.78 is 22.6. The van der Waals surface area contributed by atoms with Gasteiger partial charge < -0.3 is 24.3 Å². The number of nitrogens with zero attached hydrogens (tertiary/aromatic N) is 1. The minimum atomic E-state index is -0.593. The molecule has 0 aliphatic carbocycles. The predicted molar refractivity (Wildman–Crippen MR) is 120 cm³/mol. The van der Waals surface area contributed by atoms with E-state index in [-0.39, 0.29) is 12.0 Å². The molecule has 1 aliphatic heterocycles. The first-order chi connectivity index (χ1) is 15.0. The van der Waals surface area contributed by atoms with Gasteiger partial charge in [-0.2, -0.15) is 5.26 Å². The highest BCUT2D eigenvalue weighted by atomic mass is 16.6. The van der Waals surface area contributed by atoms with Gasteiger partial charge in [0.2, 0.25) is 0 Å². The Morgan fingerprint density at radius 2 is 1.87 bits per heavy atom. The van der Waals surface area contributed by atoms with Crippen LogP contribution in [0.15, 0.2) is 42.5 Å². The summed E-state index contributed by atoms with van der Waals surface area (Å²) in [5.41, 5.74) is 0.369. The summed E-state index contributed by atoms with van der Waals surface area (Å²) in [6.45, 7) is 6.22. The van der Waals surface area contributed by atoms with E-state index in [1.165, 1.54) is 0 Å². The highest BCUT2D eigenvalue weighted by molar-refractivity contribution is 5.47. The number of methoxy groups -OCH3 is 2. The van der Waals surface area contributed by atoms with Crippen LogP contribution in [0.4, 0.5) is 0 Å². The third-order valence-corrected chi connectivity index (χ3v) is 5.95. The predicted octanol–water partition coefficient (Wildman–Crippen LogP) is 4.33. The minimum Gasteiger partial charge on any atom is -0.493 e. The molecule has 0 aromatic heterocycles. The molecule has 0 saturated carbocycles. The van der Waals surface area contributed by atoms with Crippen LogP contribution in [0.5, 0.6) is 23.0 Å². The molecule has 2 atom stereocenters. The van der Waals surface area contributed by atoms with Crippen molar-refractivity contribution in [3.05, 3.63) is 48.0 Å². The van der Waals surface area contributed by atoms with Gasteiger partial charge in [-0.1, -0.05) is 32.0 Å². The van der Waals surface area contributed by atoms with E-state index in [4.69, 9.17) is 18.9 Å². The molecule has 0 fully saturated rings. The quantitative estimate of drug-likeness (QED) is 0.573. The van der Waals surface area contributed by atoms with Crippen LogP contribution in [0.2, 0.25) is 0 Å². The van der Waals surface area contributed by atoms with Crippen LogP contribution in [-0.4, -0.2) is 40.0 Å². The molecule has 1 heterocycles. The fourth-order valence-electron chi connectivity index (χ4n) is 4.05. The van der Waals surface area contributed by atoms with Crippen molar-refractivity contribution in [2.24, 2.45) is 5.92 Å². The van der Waals surface area contributed by atoms with Crippen molar-refractivity contribution in [2.75, 3.05) is 33.9 Å². The maximum Gasteiger partial charge on any atom is 0.161 e. The molecule has 0 bridgehead atoms. The van der Waals surface area contributed by atoms with Gasteiger partial charge in [0.15, 0.2) is 23.0 Å². The highest BCUT2D eigenvalue weighted by Gasteiger charge is 2.36. The maximum atomic E-state index is 10.2. The fraction of sp³-hybridized carbons (Fsp3) is 0.480. The van der Waals surface area contributed by atoms with Crippen molar-refractivity contribution in [3.63, 3.8) is 0 Å². The van der Waals surface area contributed by atoms with Crippen LogP contribution in [0.1, 0.15) is 32.3 Å². The van der Waals surface area contributed by atoms with Gasteiger partial charge in [0.05, 0.1) is 25.7 Å². The smallest absolute Gasteiger partial charge is 0.161 e. The normalized spacial score (nSPS) is 17.0. The van der Waals surface area contributed by atoms with Gasteiger partial charge in [0, 0.05) is 6.54 Å². The SMILES string of the molecule is COc1ccc(C(C#N)(CCCNCC2COc3ccccc3O2)C(C)C)cc1OC. The van der Waals surface area contributed by atoms with Crippen LogP contribution in [0.3, 0.4) is 0 Å². The van der Waals surface area contributed by atoms with Crippen LogP contribution in [0.25, 0.3) is 0 Å². The van der Waals surface area contributed by atoms with Crippen molar-refractivity contribution in [2.45, 2.75) is 38.2 Å². The van der Waals surface area contributed by atoms with Crippen molar-refractivity contribution in [1.29, 1.82) is 5.26 Å². The van der Waals surface area contributed by atoms with Gasteiger partial charge in [0.1, 0.15) is 12.7 Å². The summed E-state index contributed by atoms with van der Waals surface area (Å²) in [7, 11) is 3.23. The molecule has 0 spiro atoms. The number of nitrogens with one attached hydrogen (secondary N) is 1. The third kappa shape index (κ3) is 5.05. The first kappa shape index (κ1) is 22.8. The molecule has 2 aromatic carbocycles. The molecule has 0 saturated heterocycles. The topological polar surface area (TPSA) is 72.7 Å². The van der Waals surface area contributed by atoms with E-state index >= 15 is 0 Å². The van der Waals surface area contributed by atoms with Gasteiger partial charge in [-0.3, -0.25) is 0 Å². The molecule has 2 aromatic rings. The molecule has 6 heteroatoms. The lowest BCUT2D eigenvalue weighted by Crippen LogP contribution is -2.39. The van der Waals surface area contributed by atoms with E-state index in [1.807, 2.05) is 42.5 Å². The standard InChI is InChI=1S/C25H32N2O4/c1-18(2)25(17-26,19-10-11-21(28-3)24(14-19)29-4)12-7-13-27-15-20-16-30-22-8-5-6-9-23(22)31-20/h5-6,8-11,14,18,20,27H,7,12-13,15-16H2,1-4H3. The summed E-state index contributed by atoms with van der Waals surface area (Å²) in [5.74, 6) is 3.05. The van der Waals surface area contributed by atoms with E-state index in [1.54, 1.807) is 14.2 Å². The molecule has 2 unspecified atom stereocenters. The molecule has 31 heavy (non-hydrogen) atoms. The second-order valence-corrected chi connectivity index (χ2v) is 8.11. The number of rotatable bonds is 10. The molecule has 6 nitrogen and oxygen atoms in total. The minimum absolute atomic E-state index is 0.0217. The zero-order valence-corrected chi connectivity index (χ0v) is 18.8. The van der Waals surface area contributed by atoms with Crippen molar-refractivity contribution in [3.8, 4) is 29.1 Å². The second kappa shape index (κ2) is 10.4. The van der Waals surface area contributed by atoms with Crippen LogP contribution in [-0.2, 0) is 5.41 Å². The van der Waals surface area contributed by atoms with E-state index in [0.29, 0.717) is 24.7 Å². The summed E-state index contributed by atoms with van der Waals surface area (Å²) in [6, 6.07) is 16.1. The Labute approximate surface area is 185 Å². The number of nitriles is 1. The van der Waals surface area contributed by atoms with Gasteiger partial charge in [-0.15, -0.1) is 0 Å². The molecule has 0 radical (unpaired) electrons. The molecule has 1 N–H and O–H groups in total. The fourth-order valence-corrected chi connectivity index (χ4v) is 4.05. The summed E-state index contributed by atoms with van der Waals surface area (Å²) in [4.78, 5) is 0. The van der Waals surface area contributed by atoms with E-state index in [9.17, 15) is 5.26 Å². The lowest BCUT2D eigenvalue weighted by Gasteiger charge is -2.32. The Bertz CT molecular complexity index is 909. The zero-order valence-electron chi connectivity index (χ0n) is 18.8. The molecule has 0 amide bonds. The number of hydrogen-bond acceptors (Lipinski definition) is 6. The Hall–Kier alpha value is -2.91. The number of hydrogen-bond donors (Lipinski definition) is 1. The first-order valence-corrected chi connectivity index (χ1v) is 10.8. The lowest BCUT2D eigenvalue weighted by molar-refractivity contribution is 0.0904. The summed E-state index contributed by atoms with van der Waals surface area (Å²) >= 11 is 0. The Morgan fingerprint density at radius 1 is 1.13 bits per heavy atom. The average Bonchev–Trinajstić information content (AvgIpc) is 2.80. The summed E-state index contributed by atoms with van der Waals surface area (Å²) in [5, 5.41) is 13.6. The zero-order chi connectivity index (χ0) is 22.3. The monoisotopic (exact) mass is 424 g/mol. The number of fused-ring (bicyclic) bond motifs is 1. The van der Waals surface area contributed by atoms with Crippen LogP contribution >= 0.6 is 0 Å². The molecular weight excluding hydrogens is 392 g/mol. The highest BCUT2D eigenvalue weighted by Crippen LogP contribution is 2.40. The van der Waals surface area contributed by atoms with Crippen LogP contribution in [0, 0.1) is 17.2 Å². The second-order valence-electron chi connectivity index (χ2n) is 8.11. The number of benzene rings is 2. The Kier molecular flexibility index (Phi) is 7.64. The summed E-state index contributed by atoms with van der Waals surface area (Å²) in [6.07, 6.45) is 1.59. The Morgan fingerprint density at radius 3 is 2.55 bits per heavy atom. The Balaban J connectivity index is 1.57. The number of para-hydroxylation sites is 2. The molecule has 166 valence electrons. The largest absolute Gasteiger partial charge is 0.493 e. The van der Waals surface area contributed by atoms with Gasteiger partial charge >= 0.3 is 0 Å². The van der Waals surface area contributed by atoms with Gasteiger partial charge in [0.25, 0.3) is 0 Å². The van der Waals surface area contributed by atoms with Crippen molar-refractivity contribution in [1.82, 2.24) is 5.32 Å². The van der Waals surface area contributed by atoms with Crippen molar-refractivity contribution < 1.29 is 18.9 Å². The lowest BCUT2D eigenvalue weighted by atomic mass is 9.70. The molecular formula is C25H32N2O4. The van der Waals surface area contributed by atoms with Gasteiger partial charge in [-0.25, -0.2) is 0 Å². The van der Waals surface area contributed by atoms with E-state index < -0.39 is 5.41 Å². The van der Waals surface area contributed by atoms with E-state index in [0.717, 1.165) is 36.4 Å². The third-order valence-electron chi connectivity index (χ3n) is 5.95.